The molecule has 1 spiro atoms. The summed E-state index contributed by atoms with van der Waals surface area (Å²) in [6.07, 6.45) is 4.66. The SMILES string of the molecule is C=CCC12CCN(C(=O)OC(C)(C)C)C1c1ccccc1C2=O.CC(C)(C)OC(=O)N1CCC23CCN(Cc4ccccc4)C2c2ccccc2C13. The lowest BCUT2D eigenvalue weighted by Gasteiger charge is -2.34. The quantitative estimate of drug-likeness (QED) is 0.252. The normalized spacial score (nSPS) is 27.2. The van der Waals surface area contributed by atoms with Crippen molar-refractivity contribution in [2.75, 3.05) is 19.6 Å². The molecule has 0 radical (unpaired) electrons. The van der Waals surface area contributed by atoms with Crippen LogP contribution in [-0.2, 0) is 16.0 Å². The number of ether oxygens (including phenoxy) is 2. The Hall–Kier alpha value is -4.43. The van der Waals surface area contributed by atoms with Crippen molar-refractivity contribution in [3.63, 3.8) is 0 Å². The van der Waals surface area contributed by atoms with Gasteiger partial charge in [-0.05, 0) is 96.0 Å². The molecule has 5 atom stereocenters. The van der Waals surface area contributed by atoms with Gasteiger partial charge >= 0.3 is 12.2 Å². The molecule has 5 aliphatic rings. The summed E-state index contributed by atoms with van der Waals surface area (Å²) >= 11 is 0. The van der Waals surface area contributed by atoms with E-state index in [1.54, 1.807) is 11.0 Å². The molecular weight excluding hydrogens is 650 g/mol. The van der Waals surface area contributed by atoms with Crippen LogP contribution in [-0.4, -0.2) is 63.5 Å². The Kier molecular flexibility index (Phi) is 9.13. The minimum Gasteiger partial charge on any atom is -0.444 e. The van der Waals surface area contributed by atoms with Gasteiger partial charge in [0.05, 0.1) is 17.5 Å². The molecule has 3 saturated heterocycles. The number of amides is 2. The molecule has 52 heavy (non-hydrogen) atoms. The van der Waals surface area contributed by atoms with Gasteiger partial charge < -0.3 is 19.3 Å². The third-order valence-corrected chi connectivity index (χ3v) is 11.6. The predicted molar refractivity (Wildman–Crippen MR) is 202 cm³/mol. The summed E-state index contributed by atoms with van der Waals surface area (Å²) in [4.78, 5) is 45.1. The summed E-state index contributed by atoms with van der Waals surface area (Å²) in [7, 11) is 0. The number of Topliss-reactive ketones (excluding diaryl/α,β-unsaturated/α-hetero) is 1. The Balaban J connectivity index is 0.000000167. The number of nitrogens with zero attached hydrogens (tertiary/aromatic N) is 3. The van der Waals surface area contributed by atoms with Gasteiger partial charge in [0.15, 0.2) is 5.78 Å². The highest BCUT2D eigenvalue weighted by molar-refractivity contribution is 6.06. The molecule has 8 nitrogen and oxygen atoms in total. The second kappa shape index (κ2) is 13.2. The molecule has 0 saturated carbocycles. The molecule has 8 heteroatoms. The maximum absolute atomic E-state index is 13.1. The number of carbonyl (C=O) groups excluding carboxylic acids is 3. The van der Waals surface area contributed by atoms with Crippen LogP contribution in [0.25, 0.3) is 0 Å². The van der Waals surface area contributed by atoms with Crippen molar-refractivity contribution in [2.24, 2.45) is 10.8 Å². The van der Waals surface area contributed by atoms with Crippen molar-refractivity contribution >= 4 is 18.0 Å². The first-order chi connectivity index (χ1) is 24.7. The zero-order valence-corrected chi connectivity index (χ0v) is 31.6. The first kappa shape index (κ1) is 36.0. The minimum absolute atomic E-state index is 0.107. The highest BCUT2D eigenvalue weighted by atomic mass is 16.6. The van der Waals surface area contributed by atoms with Crippen LogP contribution >= 0.6 is 0 Å². The lowest BCUT2D eigenvalue weighted by Crippen LogP contribution is -2.39. The van der Waals surface area contributed by atoms with Gasteiger partial charge in [0.1, 0.15) is 11.2 Å². The fourth-order valence-electron chi connectivity index (χ4n) is 9.81. The Morgan fingerprint density at radius 1 is 0.712 bits per heavy atom. The van der Waals surface area contributed by atoms with Gasteiger partial charge in [-0.15, -0.1) is 6.58 Å². The number of fused-ring (bicyclic) bond motifs is 6. The van der Waals surface area contributed by atoms with Gasteiger partial charge in [0.25, 0.3) is 0 Å². The molecule has 3 aliphatic heterocycles. The number of hydrogen-bond donors (Lipinski definition) is 0. The number of ketones is 1. The van der Waals surface area contributed by atoms with Crippen LogP contribution in [0.4, 0.5) is 9.59 Å². The molecule has 3 fully saturated rings. The fraction of sp³-hybridized carbons (Fsp3) is 0.477. The van der Waals surface area contributed by atoms with Crippen LogP contribution in [0.15, 0.2) is 91.5 Å². The average molecular weight is 704 g/mol. The summed E-state index contributed by atoms with van der Waals surface area (Å²) in [5.41, 5.74) is 4.24. The molecule has 2 aliphatic carbocycles. The van der Waals surface area contributed by atoms with E-state index in [2.05, 4.69) is 66.1 Å². The lowest BCUT2D eigenvalue weighted by molar-refractivity contribution is 0.0152. The van der Waals surface area contributed by atoms with Crippen LogP contribution in [0.3, 0.4) is 0 Å². The minimum atomic E-state index is -0.581. The monoisotopic (exact) mass is 703 g/mol. The van der Waals surface area contributed by atoms with E-state index in [1.165, 1.54) is 16.7 Å². The van der Waals surface area contributed by atoms with Gasteiger partial charge in [-0.3, -0.25) is 9.69 Å². The highest BCUT2D eigenvalue weighted by Gasteiger charge is 2.64. The van der Waals surface area contributed by atoms with Crippen molar-refractivity contribution in [1.29, 1.82) is 0 Å². The standard InChI is InChI=1S/C25H30N2O2.C19H23NO3/c1-24(2,3)29-23(28)27-16-14-25-13-15-26(17-18-9-5-4-6-10-18)21(25)19-11-7-8-12-20(19)22(25)27;1-5-10-19-11-12-20(17(22)23-18(2,3)4)15(19)13-8-6-7-9-14(13)16(19)21/h4-12,21-22H,13-17H2,1-3H3;5-9,15H,1,10-12H2,2-4H3. The molecule has 0 bridgehead atoms. The number of allylic oxidation sites excluding steroid dienone is 1. The molecule has 3 aromatic rings. The van der Waals surface area contributed by atoms with Gasteiger partial charge in [0.2, 0.25) is 0 Å². The summed E-state index contributed by atoms with van der Waals surface area (Å²) in [5.74, 6) is 0.129. The lowest BCUT2D eigenvalue weighted by atomic mass is 9.77. The van der Waals surface area contributed by atoms with E-state index in [0.717, 1.165) is 43.6 Å². The number of hydrogen-bond acceptors (Lipinski definition) is 6. The van der Waals surface area contributed by atoms with Crippen molar-refractivity contribution in [2.45, 2.75) is 103 Å². The molecule has 274 valence electrons. The van der Waals surface area contributed by atoms with Crippen molar-refractivity contribution in [3.8, 4) is 0 Å². The summed E-state index contributed by atoms with van der Waals surface area (Å²) in [5, 5.41) is 0. The van der Waals surface area contributed by atoms with E-state index in [0.29, 0.717) is 25.4 Å². The fourth-order valence-corrected chi connectivity index (χ4v) is 9.81. The topological polar surface area (TPSA) is 79.4 Å². The van der Waals surface area contributed by atoms with E-state index in [4.69, 9.17) is 9.47 Å². The number of likely N-dealkylation sites (tertiary alicyclic amines) is 3. The number of rotatable bonds is 4. The second-order valence-corrected chi connectivity index (χ2v) is 17.2. The molecule has 0 N–H and O–H groups in total. The average Bonchev–Trinajstić information content (AvgIpc) is 3.86. The van der Waals surface area contributed by atoms with E-state index in [-0.39, 0.29) is 35.5 Å². The van der Waals surface area contributed by atoms with Gasteiger partial charge in [-0.2, -0.15) is 0 Å². The van der Waals surface area contributed by atoms with Crippen LogP contribution in [0, 0.1) is 10.8 Å². The molecule has 3 aromatic carbocycles. The van der Waals surface area contributed by atoms with Gasteiger partial charge in [-0.25, -0.2) is 9.59 Å². The summed E-state index contributed by atoms with van der Waals surface area (Å²) in [6, 6.07) is 27.3. The largest absolute Gasteiger partial charge is 0.444 e. The summed E-state index contributed by atoms with van der Waals surface area (Å²) < 4.78 is 11.3. The molecule has 8 rings (SSSR count). The molecular formula is C44H53N3O5. The molecule has 3 heterocycles. The van der Waals surface area contributed by atoms with Crippen molar-refractivity contribution in [1.82, 2.24) is 14.7 Å². The number of benzene rings is 3. The maximum Gasteiger partial charge on any atom is 0.410 e. The van der Waals surface area contributed by atoms with Crippen molar-refractivity contribution < 1.29 is 23.9 Å². The highest BCUT2D eigenvalue weighted by Crippen LogP contribution is 2.67. The Morgan fingerprint density at radius 3 is 1.85 bits per heavy atom. The van der Waals surface area contributed by atoms with Crippen LogP contribution < -0.4 is 0 Å². The van der Waals surface area contributed by atoms with Crippen LogP contribution in [0.5, 0.6) is 0 Å². The van der Waals surface area contributed by atoms with E-state index in [9.17, 15) is 14.4 Å². The van der Waals surface area contributed by atoms with Crippen molar-refractivity contribution in [3.05, 3.63) is 119 Å². The Morgan fingerprint density at radius 2 is 1.23 bits per heavy atom. The Bertz CT molecular complexity index is 1860. The van der Waals surface area contributed by atoms with E-state index >= 15 is 0 Å². The maximum atomic E-state index is 13.1. The smallest absolute Gasteiger partial charge is 0.410 e. The molecule has 5 unspecified atom stereocenters. The molecule has 0 aromatic heterocycles. The zero-order valence-electron chi connectivity index (χ0n) is 31.6. The molecule has 2 amide bonds. The van der Waals surface area contributed by atoms with E-state index in [1.807, 2.05) is 70.7 Å². The van der Waals surface area contributed by atoms with Crippen LogP contribution in [0.2, 0.25) is 0 Å². The van der Waals surface area contributed by atoms with Gasteiger partial charge in [-0.1, -0.05) is 84.9 Å². The number of carbonyl (C=O) groups is 3. The second-order valence-electron chi connectivity index (χ2n) is 17.2. The first-order valence-electron chi connectivity index (χ1n) is 18.8. The van der Waals surface area contributed by atoms with Crippen LogP contribution in [0.1, 0.15) is 118 Å². The zero-order chi connectivity index (χ0) is 37.1. The third-order valence-electron chi connectivity index (χ3n) is 11.6. The van der Waals surface area contributed by atoms with E-state index < -0.39 is 16.6 Å². The third kappa shape index (κ3) is 6.13. The first-order valence-corrected chi connectivity index (χ1v) is 18.8. The van der Waals surface area contributed by atoms with Gasteiger partial charge in [0, 0.05) is 36.7 Å². The predicted octanol–water partition coefficient (Wildman–Crippen LogP) is 9.44. The Labute approximate surface area is 308 Å². The summed E-state index contributed by atoms with van der Waals surface area (Å²) in [6.45, 7) is 18.6.